The van der Waals surface area contributed by atoms with Crippen molar-refractivity contribution in [2.24, 2.45) is 0 Å². The second-order valence-electron chi connectivity index (χ2n) is 12.2. The third kappa shape index (κ3) is 7.42. The molecule has 1 N–H and O–H groups in total. The van der Waals surface area contributed by atoms with Gasteiger partial charge in [0.15, 0.2) is 0 Å². The Morgan fingerprint density at radius 1 is 0.854 bits per heavy atom. The van der Waals surface area contributed by atoms with Crippen LogP contribution in [0.5, 0.6) is 11.8 Å². The number of rotatable bonds is 13. The largest absolute Gasteiger partial charge is 0.480 e. The molecule has 12 heteroatoms. The van der Waals surface area contributed by atoms with E-state index in [-0.39, 0.29) is 11.9 Å². The van der Waals surface area contributed by atoms with E-state index in [0.29, 0.717) is 70.8 Å². The zero-order valence-corrected chi connectivity index (χ0v) is 29.0. The summed E-state index contributed by atoms with van der Waals surface area (Å²) in [5.41, 5.74) is 5.67. The Morgan fingerprint density at radius 2 is 1.46 bits per heavy atom. The molecule has 252 valence electrons. The molecule has 2 aliphatic rings. The summed E-state index contributed by atoms with van der Waals surface area (Å²) in [6.07, 6.45) is 9.63. The van der Waals surface area contributed by atoms with Crippen LogP contribution in [-0.2, 0) is 22.5 Å². The topological polar surface area (TPSA) is 112 Å². The van der Waals surface area contributed by atoms with Crippen LogP contribution in [0.15, 0.2) is 48.8 Å². The third-order valence-corrected chi connectivity index (χ3v) is 9.93. The van der Waals surface area contributed by atoms with Crippen molar-refractivity contribution in [1.82, 2.24) is 30.2 Å². The van der Waals surface area contributed by atoms with Gasteiger partial charge in [0, 0.05) is 54.4 Å². The Hall–Kier alpha value is -3.83. The SMILES string of the molecule is COC[C@H]1CCCN1Cc1ncc(-c2cccc(-c3cccc(-c4cnc(CCC[C@@H]5CCC(=O)N5)c(OC)n4)c3Cl)c2Cl)nc1OC. The molecule has 2 aromatic heterocycles. The van der Waals surface area contributed by atoms with E-state index in [1.54, 1.807) is 33.7 Å². The Kier molecular flexibility index (Phi) is 11.1. The lowest BCUT2D eigenvalue weighted by Gasteiger charge is -2.24. The van der Waals surface area contributed by atoms with Crippen LogP contribution in [-0.4, -0.2) is 77.3 Å². The minimum atomic E-state index is 0.127. The molecule has 48 heavy (non-hydrogen) atoms. The summed E-state index contributed by atoms with van der Waals surface area (Å²) >= 11 is 14.2. The maximum atomic E-state index is 11.5. The number of nitrogens with one attached hydrogen (secondary N) is 1. The first-order valence-corrected chi connectivity index (χ1v) is 17.1. The number of methoxy groups -OCH3 is 3. The average molecular weight is 692 g/mol. The number of ether oxygens (including phenoxy) is 3. The first kappa shape index (κ1) is 34.0. The molecule has 6 rings (SSSR count). The summed E-state index contributed by atoms with van der Waals surface area (Å²) in [6.45, 7) is 2.31. The van der Waals surface area contributed by atoms with Crippen molar-refractivity contribution in [2.75, 3.05) is 34.5 Å². The van der Waals surface area contributed by atoms with Crippen LogP contribution in [0.4, 0.5) is 0 Å². The predicted molar refractivity (Wildman–Crippen MR) is 186 cm³/mol. The van der Waals surface area contributed by atoms with Crippen LogP contribution in [0.3, 0.4) is 0 Å². The van der Waals surface area contributed by atoms with Crippen LogP contribution >= 0.6 is 23.2 Å². The molecule has 2 aliphatic heterocycles. The van der Waals surface area contributed by atoms with E-state index in [4.69, 9.17) is 57.3 Å². The summed E-state index contributed by atoms with van der Waals surface area (Å²) in [5, 5.41) is 4.01. The van der Waals surface area contributed by atoms with Gasteiger partial charge >= 0.3 is 0 Å². The van der Waals surface area contributed by atoms with Crippen molar-refractivity contribution in [1.29, 1.82) is 0 Å². The smallest absolute Gasteiger partial charge is 0.237 e. The van der Waals surface area contributed by atoms with E-state index < -0.39 is 0 Å². The minimum absolute atomic E-state index is 0.127. The molecule has 4 aromatic rings. The lowest BCUT2D eigenvalue weighted by atomic mass is 9.98. The molecule has 1 amide bonds. The highest BCUT2D eigenvalue weighted by atomic mass is 35.5. The number of amides is 1. The molecular weight excluding hydrogens is 651 g/mol. The van der Waals surface area contributed by atoms with Crippen molar-refractivity contribution in [3.05, 3.63) is 70.2 Å². The Morgan fingerprint density at radius 3 is 2.04 bits per heavy atom. The molecule has 2 atom stereocenters. The molecule has 0 spiro atoms. The summed E-state index contributed by atoms with van der Waals surface area (Å²) in [5.74, 6) is 1.05. The van der Waals surface area contributed by atoms with Crippen molar-refractivity contribution in [3.63, 3.8) is 0 Å². The van der Waals surface area contributed by atoms with Gasteiger partial charge in [-0.05, 0) is 45.1 Å². The normalized spacial score (nSPS) is 17.9. The zero-order chi connectivity index (χ0) is 33.6. The summed E-state index contributed by atoms with van der Waals surface area (Å²) in [7, 11) is 4.94. The summed E-state index contributed by atoms with van der Waals surface area (Å²) < 4.78 is 16.7. The molecule has 0 saturated carbocycles. The van der Waals surface area contributed by atoms with Gasteiger partial charge in [0.1, 0.15) is 11.4 Å². The maximum Gasteiger partial charge on any atom is 0.237 e. The summed E-state index contributed by atoms with van der Waals surface area (Å²) in [4.78, 5) is 32.9. The number of hydrogen-bond donors (Lipinski definition) is 1. The molecule has 4 heterocycles. The van der Waals surface area contributed by atoms with E-state index in [1.807, 2.05) is 36.4 Å². The van der Waals surface area contributed by atoms with E-state index in [1.165, 1.54) is 0 Å². The molecule has 0 aliphatic carbocycles. The molecule has 10 nitrogen and oxygen atoms in total. The van der Waals surface area contributed by atoms with Gasteiger partial charge in [-0.1, -0.05) is 59.6 Å². The van der Waals surface area contributed by atoms with Gasteiger partial charge in [-0.25, -0.2) is 9.97 Å². The molecule has 2 aromatic carbocycles. The van der Waals surface area contributed by atoms with Crippen LogP contribution in [0.2, 0.25) is 10.0 Å². The highest BCUT2D eigenvalue weighted by molar-refractivity contribution is 6.39. The van der Waals surface area contributed by atoms with Crippen molar-refractivity contribution in [2.45, 2.75) is 63.6 Å². The Labute approximate surface area is 291 Å². The highest BCUT2D eigenvalue weighted by Gasteiger charge is 2.27. The predicted octanol–water partition coefficient (Wildman–Crippen LogP) is 6.80. The fourth-order valence-electron chi connectivity index (χ4n) is 6.62. The Balaban J connectivity index is 1.24. The first-order valence-electron chi connectivity index (χ1n) is 16.3. The molecule has 0 radical (unpaired) electrons. The van der Waals surface area contributed by atoms with Crippen LogP contribution in [0, 0.1) is 0 Å². The number of carbonyl (C=O) groups is 1. The average Bonchev–Trinajstić information content (AvgIpc) is 3.73. The first-order chi connectivity index (χ1) is 23.4. The number of halogens is 2. The minimum Gasteiger partial charge on any atom is -0.480 e. The zero-order valence-electron chi connectivity index (χ0n) is 27.5. The standard InChI is InChI=1S/C36H40Cl2N6O4/c1-46-21-23-9-7-17-44(23)20-31-36(48-3)43-30(19-40-31)27-13-6-11-25(34(27)38)24-10-5-12-26(33(24)37)29-18-39-28(35(42-29)47-2)14-4-8-22-15-16-32(45)41-22/h5-6,10-13,18-19,22-23H,4,7-9,14-17,20-21H2,1-3H3,(H,41,45)/t22-,23-/m1/s1. The van der Waals surface area contributed by atoms with Gasteiger partial charge in [0.2, 0.25) is 17.7 Å². The monoisotopic (exact) mass is 690 g/mol. The second kappa shape index (κ2) is 15.6. The fourth-order valence-corrected chi connectivity index (χ4v) is 7.27. The summed E-state index contributed by atoms with van der Waals surface area (Å²) in [6, 6.07) is 12.1. The molecule has 2 saturated heterocycles. The fraction of sp³-hybridized carbons (Fsp3) is 0.417. The van der Waals surface area contributed by atoms with Gasteiger partial charge in [-0.3, -0.25) is 19.7 Å². The molecule has 0 bridgehead atoms. The highest BCUT2D eigenvalue weighted by Crippen LogP contribution is 2.42. The van der Waals surface area contributed by atoms with Gasteiger partial charge in [-0.15, -0.1) is 0 Å². The number of likely N-dealkylation sites (tertiary alicyclic amines) is 1. The molecule has 0 unspecified atom stereocenters. The second-order valence-corrected chi connectivity index (χ2v) is 12.9. The number of aromatic nitrogens is 4. The number of carbonyl (C=O) groups excluding carboxylic acids is 1. The quantitative estimate of drug-likeness (QED) is 0.162. The van der Waals surface area contributed by atoms with Gasteiger partial charge in [-0.2, -0.15) is 0 Å². The van der Waals surface area contributed by atoms with Crippen molar-refractivity contribution >= 4 is 29.1 Å². The van der Waals surface area contributed by atoms with E-state index in [9.17, 15) is 4.79 Å². The lowest BCUT2D eigenvalue weighted by molar-refractivity contribution is -0.119. The van der Waals surface area contributed by atoms with Crippen LogP contribution < -0.4 is 14.8 Å². The molecule has 2 fully saturated rings. The molecular formula is C36H40Cl2N6O4. The third-order valence-electron chi connectivity index (χ3n) is 9.11. The number of benzene rings is 2. The van der Waals surface area contributed by atoms with Crippen molar-refractivity contribution < 1.29 is 19.0 Å². The van der Waals surface area contributed by atoms with E-state index in [0.717, 1.165) is 66.7 Å². The maximum absolute atomic E-state index is 11.5. The van der Waals surface area contributed by atoms with Crippen molar-refractivity contribution in [3.8, 4) is 45.4 Å². The van der Waals surface area contributed by atoms with Crippen LogP contribution in [0.25, 0.3) is 33.6 Å². The lowest BCUT2D eigenvalue weighted by Crippen LogP contribution is -2.32. The van der Waals surface area contributed by atoms with Gasteiger partial charge in [0.05, 0.1) is 54.7 Å². The van der Waals surface area contributed by atoms with Gasteiger partial charge < -0.3 is 19.5 Å². The van der Waals surface area contributed by atoms with Crippen LogP contribution in [0.1, 0.15) is 49.9 Å². The van der Waals surface area contributed by atoms with E-state index in [2.05, 4.69) is 10.2 Å². The number of nitrogens with zero attached hydrogens (tertiary/aromatic N) is 5. The van der Waals surface area contributed by atoms with Gasteiger partial charge in [0.25, 0.3) is 0 Å². The van der Waals surface area contributed by atoms with E-state index >= 15 is 0 Å². The Bertz CT molecular complexity index is 1770. The number of hydrogen-bond acceptors (Lipinski definition) is 9. The number of aryl methyl sites for hydroxylation is 1.